The van der Waals surface area contributed by atoms with Gasteiger partial charge in [-0.15, -0.1) is 0 Å². The zero-order valence-electron chi connectivity index (χ0n) is 21.1. The van der Waals surface area contributed by atoms with E-state index in [4.69, 9.17) is 10.5 Å². The van der Waals surface area contributed by atoms with Gasteiger partial charge in [-0.3, -0.25) is 5.41 Å². The van der Waals surface area contributed by atoms with Crippen LogP contribution >= 0.6 is 0 Å². The zero-order valence-corrected chi connectivity index (χ0v) is 21.1. The van der Waals surface area contributed by atoms with Crippen LogP contribution < -0.4 is 20.5 Å². The molecule has 2 aliphatic rings. The van der Waals surface area contributed by atoms with E-state index in [9.17, 15) is 5.11 Å². The third kappa shape index (κ3) is 4.59. The quantitative estimate of drug-likeness (QED) is 0.422. The summed E-state index contributed by atoms with van der Waals surface area (Å²) in [5.41, 5.74) is 3.56. The van der Waals surface area contributed by atoms with Crippen molar-refractivity contribution in [3.05, 3.63) is 65.7 Å². The molecule has 1 unspecified atom stereocenters. The number of hydrogen-bond acceptors (Lipinski definition) is 8. The predicted molar refractivity (Wildman–Crippen MR) is 144 cm³/mol. The second-order valence-corrected chi connectivity index (χ2v) is 10.4. The van der Waals surface area contributed by atoms with Crippen LogP contribution in [-0.4, -0.2) is 58.6 Å². The molecule has 0 spiro atoms. The number of para-hydroxylation sites is 1. The molecule has 3 heterocycles. The topological polar surface area (TPSA) is 108 Å². The molecule has 1 aromatic heterocycles. The second-order valence-electron chi connectivity index (χ2n) is 10.4. The highest BCUT2D eigenvalue weighted by Crippen LogP contribution is 2.37. The molecule has 10 heteroatoms. The molecule has 0 aliphatic carbocycles. The summed E-state index contributed by atoms with van der Waals surface area (Å²) in [6, 6.07) is 18.1. The van der Waals surface area contributed by atoms with E-state index in [1.54, 1.807) is 18.3 Å². The van der Waals surface area contributed by atoms with E-state index in [-0.39, 0.29) is 11.3 Å². The Morgan fingerprint density at radius 3 is 2.47 bits per heavy atom. The Hall–Kier alpha value is -4.05. The number of amidine groups is 1. The van der Waals surface area contributed by atoms with Crippen molar-refractivity contribution < 1.29 is 5.11 Å². The Kier molecular flexibility index (Phi) is 6.05. The summed E-state index contributed by atoms with van der Waals surface area (Å²) in [6.07, 6.45) is 0.721. The average molecular weight is 488 g/mol. The first-order valence-electron chi connectivity index (χ1n) is 12.0. The van der Waals surface area contributed by atoms with Gasteiger partial charge in [0.05, 0.1) is 12.2 Å². The van der Waals surface area contributed by atoms with Crippen molar-refractivity contribution in [2.75, 3.05) is 35.5 Å². The molecule has 5 rings (SSSR count). The minimum Gasteiger partial charge on any atom is -0.356 e. The van der Waals surface area contributed by atoms with Gasteiger partial charge < -0.3 is 25.5 Å². The van der Waals surface area contributed by atoms with Crippen LogP contribution in [0.4, 0.5) is 23.0 Å². The molecule has 0 saturated carbocycles. The van der Waals surface area contributed by atoms with E-state index in [0.29, 0.717) is 31.1 Å². The smallest absolute Gasteiger partial charge is 0.210 e. The maximum atomic E-state index is 11.1. The number of aliphatic hydroxyl groups is 1. The van der Waals surface area contributed by atoms with Crippen molar-refractivity contribution in [3.8, 4) is 0 Å². The third-order valence-electron chi connectivity index (χ3n) is 6.20. The van der Waals surface area contributed by atoms with Crippen LogP contribution in [0.1, 0.15) is 31.9 Å². The van der Waals surface area contributed by atoms with Gasteiger partial charge in [-0.05, 0) is 35.2 Å². The maximum Gasteiger partial charge on any atom is 0.210 e. The van der Waals surface area contributed by atoms with Crippen molar-refractivity contribution in [1.29, 1.82) is 5.41 Å². The van der Waals surface area contributed by atoms with Crippen molar-refractivity contribution in [2.24, 2.45) is 10.5 Å². The fourth-order valence-electron chi connectivity index (χ4n) is 4.43. The van der Waals surface area contributed by atoms with E-state index < -0.39 is 6.35 Å². The Bertz CT molecular complexity index is 1260. The molecule has 3 aromatic rings. The van der Waals surface area contributed by atoms with Crippen LogP contribution in [-0.2, 0) is 6.54 Å². The Labute approximate surface area is 211 Å². The molecular weight excluding hydrogens is 454 g/mol. The van der Waals surface area contributed by atoms with Gasteiger partial charge in [-0.25, -0.2) is 9.69 Å². The first-order chi connectivity index (χ1) is 17.2. The molecule has 188 valence electrons. The normalized spacial score (nSPS) is 17.4. The SMILES string of the molecule is CN1C(=N)c2c(nn(Cc3ccc(N4CNC=N4)cc3)c2Nc2ccccc2)N(CC(C)(C)C)C1O. The minimum absolute atomic E-state index is 0.0852. The second kappa shape index (κ2) is 9.19. The fourth-order valence-corrected chi connectivity index (χ4v) is 4.43. The molecule has 0 fully saturated rings. The predicted octanol–water partition coefficient (Wildman–Crippen LogP) is 3.38. The Morgan fingerprint density at radius 2 is 1.83 bits per heavy atom. The van der Waals surface area contributed by atoms with Gasteiger partial charge in [0.2, 0.25) is 6.35 Å². The van der Waals surface area contributed by atoms with Crippen LogP contribution in [0.2, 0.25) is 0 Å². The van der Waals surface area contributed by atoms with Crippen LogP contribution in [0.15, 0.2) is 59.7 Å². The molecule has 36 heavy (non-hydrogen) atoms. The molecule has 0 bridgehead atoms. The largest absolute Gasteiger partial charge is 0.356 e. The van der Waals surface area contributed by atoms with E-state index in [2.05, 4.69) is 48.6 Å². The highest BCUT2D eigenvalue weighted by atomic mass is 16.3. The van der Waals surface area contributed by atoms with Crippen molar-refractivity contribution >= 4 is 35.2 Å². The third-order valence-corrected chi connectivity index (χ3v) is 6.20. The van der Waals surface area contributed by atoms with Crippen molar-refractivity contribution in [1.82, 2.24) is 20.0 Å². The number of hydrogen-bond donors (Lipinski definition) is 4. The lowest BCUT2D eigenvalue weighted by atomic mass is 9.95. The van der Waals surface area contributed by atoms with Gasteiger partial charge in [-0.1, -0.05) is 51.1 Å². The summed E-state index contributed by atoms with van der Waals surface area (Å²) in [5.74, 6) is 1.55. The average Bonchev–Trinajstić information content (AvgIpc) is 3.50. The summed E-state index contributed by atoms with van der Waals surface area (Å²) in [7, 11) is 1.74. The van der Waals surface area contributed by atoms with Crippen molar-refractivity contribution in [2.45, 2.75) is 33.7 Å². The lowest BCUT2D eigenvalue weighted by Crippen LogP contribution is -2.55. The molecule has 0 radical (unpaired) electrons. The summed E-state index contributed by atoms with van der Waals surface area (Å²) in [6.45, 7) is 8.11. The van der Waals surface area contributed by atoms with E-state index in [0.717, 1.165) is 22.8 Å². The van der Waals surface area contributed by atoms with Gasteiger partial charge in [0.1, 0.15) is 30.2 Å². The van der Waals surface area contributed by atoms with E-state index in [1.807, 2.05) is 57.1 Å². The molecule has 1 atom stereocenters. The van der Waals surface area contributed by atoms with Crippen LogP contribution in [0.5, 0.6) is 0 Å². The summed E-state index contributed by atoms with van der Waals surface area (Å²) >= 11 is 0. The van der Waals surface area contributed by atoms with Gasteiger partial charge in [0.25, 0.3) is 0 Å². The zero-order chi connectivity index (χ0) is 25.4. The minimum atomic E-state index is -0.967. The summed E-state index contributed by atoms with van der Waals surface area (Å²) in [4.78, 5) is 3.46. The van der Waals surface area contributed by atoms with Gasteiger partial charge in [0.15, 0.2) is 5.82 Å². The number of aromatic nitrogens is 2. The number of nitrogens with zero attached hydrogens (tertiary/aromatic N) is 6. The number of anilines is 4. The number of nitrogens with one attached hydrogen (secondary N) is 3. The first-order valence-corrected chi connectivity index (χ1v) is 12.0. The van der Waals surface area contributed by atoms with Crippen LogP contribution in [0.25, 0.3) is 0 Å². The number of rotatable bonds is 6. The van der Waals surface area contributed by atoms with Crippen molar-refractivity contribution in [3.63, 3.8) is 0 Å². The Balaban J connectivity index is 1.55. The van der Waals surface area contributed by atoms with Crippen LogP contribution in [0, 0.1) is 10.8 Å². The maximum absolute atomic E-state index is 11.1. The number of benzene rings is 2. The highest BCUT2D eigenvalue weighted by molar-refractivity contribution is 6.07. The van der Waals surface area contributed by atoms with Gasteiger partial charge in [-0.2, -0.15) is 10.2 Å². The van der Waals surface area contributed by atoms with Gasteiger partial charge >= 0.3 is 0 Å². The lowest BCUT2D eigenvalue weighted by Gasteiger charge is -2.42. The monoisotopic (exact) mass is 487 g/mol. The summed E-state index contributed by atoms with van der Waals surface area (Å²) < 4.78 is 1.89. The molecule has 0 amide bonds. The summed E-state index contributed by atoms with van der Waals surface area (Å²) in [5, 5.41) is 37.6. The first kappa shape index (κ1) is 23.7. The molecule has 2 aliphatic heterocycles. The molecule has 10 nitrogen and oxygen atoms in total. The number of aliphatic hydroxyl groups excluding tert-OH is 1. The Morgan fingerprint density at radius 1 is 1.11 bits per heavy atom. The number of fused-ring (bicyclic) bond motifs is 1. The lowest BCUT2D eigenvalue weighted by molar-refractivity contribution is 0.0550. The fraction of sp³-hybridized carbons (Fsp3) is 0.346. The van der Waals surface area contributed by atoms with E-state index in [1.165, 1.54) is 0 Å². The molecule has 4 N–H and O–H groups in total. The molecule has 2 aromatic carbocycles. The van der Waals surface area contributed by atoms with Crippen LogP contribution in [0.3, 0.4) is 0 Å². The van der Waals surface area contributed by atoms with Gasteiger partial charge in [0, 0.05) is 19.3 Å². The van der Waals surface area contributed by atoms with E-state index >= 15 is 0 Å². The highest BCUT2D eigenvalue weighted by Gasteiger charge is 2.39. The molecular formula is C26H33N9O. The molecule has 0 saturated heterocycles. The number of hydrazone groups is 1. The standard InChI is InChI=1S/C26H33N9O/c1-26(2,3)15-33-24-21(22(27)32(4)25(33)36)23(30-19-8-6-5-7-9-19)34(31-24)14-18-10-12-20(13-11-18)35-17-28-16-29-35/h5-13,16,25,27,30,36H,14-15,17H2,1-4H3,(H,28,29).